The molecule has 7 heteroatoms. The summed E-state index contributed by atoms with van der Waals surface area (Å²) >= 11 is 0. The highest BCUT2D eigenvalue weighted by atomic mass is 19.1. The summed E-state index contributed by atoms with van der Waals surface area (Å²) < 4.78 is 13.1. The number of nitrogens with zero attached hydrogens (tertiary/aromatic N) is 2. The number of β-amino-alcohol motifs (C(OH)–C–C–N with tert-alkyl or cyclic N) is 1. The van der Waals surface area contributed by atoms with E-state index in [4.69, 9.17) is 0 Å². The van der Waals surface area contributed by atoms with Crippen molar-refractivity contribution in [3.63, 3.8) is 0 Å². The van der Waals surface area contributed by atoms with Crippen molar-refractivity contribution in [3.05, 3.63) is 35.6 Å². The first-order valence-electron chi connectivity index (χ1n) is 9.10. The van der Waals surface area contributed by atoms with Gasteiger partial charge in [-0.2, -0.15) is 0 Å². The fraction of sp³-hybridized carbons (Fsp3) is 0.579. The molecule has 2 N–H and O–H groups in total. The minimum absolute atomic E-state index is 0.0481. The smallest absolute Gasteiger partial charge is 0.325 e. The molecule has 6 nitrogen and oxygen atoms in total. The molecule has 2 heterocycles. The van der Waals surface area contributed by atoms with Gasteiger partial charge in [-0.05, 0) is 56.5 Å². The Kier molecular flexibility index (Phi) is 5.29. The van der Waals surface area contributed by atoms with Crippen molar-refractivity contribution < 1.29 is 19.1 Å². The summed E-state index contributed by atoms with van der Waals surface area (Å²) in [6.07, 6.45) is 1.39. The zero-order chi connectivity index (χ0) is 18.9. The van der Waals surface area contributed by atoms with Crippen LogP contribution in [0.5, 0.6) is 0 Å². The average Bonchev–Trinajstić information content (AvgIpc) is 2.82. The normalized spacial score (nSPS) is 26.2. The summed E-state index contributed by atoms with van der Waals surface area (Å²) in [6.45, 7) is 6.05. The molecule has 0 bridgehead atoms. The lowest BCUT2D eigenvalue weighted by atomic mass is 9.92. The second kappa shape index (κ2) is 7.32. The summed E-state index contributed by atoms with van der Waals surface area (Å²) in [5.74, 6) is -0.136. The second-order valence-electron chi connectivity index (χ2n) is 7.61. The van der Waals surface area contributed by atoms with E-state index in [9.17, 15) is 19.1 Å². The highest BCUT2D eigenvalue weighted by Gasteiger charge is 2.49. The van der Waals surface area contributed by atoms with Crippen LogP contribution in [-0.2, 0) is 10.3 Å². The average molecular weight is 363 g/mol. The molecule has 2 aliphatic rings. The van der Waals surface area contributed by atoms with Crippen LogP contribution >= 0.6 is 0 Å². The number of aliphatic hydroxyl groups excluding tert-OH is 1. The number of piperidine rings is 1. The molecule has 2 atom stereocenters. The first-order valence-corrected chi connectivity index (χ1v) is 9.10. The van der Waals surface area contributed by atoms with E-state index in [0.29, 0.717) is 18.0 Å². The number of likely N-dealkylation sites (tertiary alicyclic amines) is 1. The van der Waals surface area contributed by atoms with Crippen LogP contribution in [0.25, 0.3) is 0 Å². The number of aliphatic hydroxyl groups is 1. The third kappa shape index (κ3) is 3.73. The summed E-state index contributed by atoms with van der Waals surface area (Å²) in [5, 5.41) is 13.0. The minimum atomic E-state index is -1.24. The van der Waals surface area contributed by atoms with Gasteiger partial charge in [0.2, 0.25) is 0 Å². The Labute approximate surface area is 153 Å². The van der Waals surface area contributed by atoms with Crippen molar-refractivity contribution >= 4 is 11.9 Å². The number of hydrogen-bond donors (Lipinski definition) is 2. The number of halogens is 1. The van der Waals surface area contributed by atoms with E-state index < -0.39 is 29.4 Å². The van der Waals surface area contributed by atoms with Gasteiger partial charge in [-0.3, -0.25) is 9.69 Å². The largest absolute Gasteiger partial charge is 0.390 e. The van der Waals surface area contributed by atoms with E-state index >= 15 is 0 Å². The van der Waals surface area contributed by atoms with E-state index in [1.165, 1.54) is 24.3 Å². The van der Waals surface area contributed by atoms with E-state index in [2.05, 4.69) is 17.1 Å². The van der Waals surface area contributed by atoms with Crippen LogP contribution < -0.4 is 5.32 Å². The lowest BCUT2D eigenvalue weighted by Gasteiger charge is -2.32. The number of rotatable bonds is 5. The van der Waals surface area contributed by atoms with Crippen molar-refractivity contribution in [1.82, 2.24) is 15.1 Å². The van der Waals surface area contributed by atoms with Crippen molar-refractivity contribution in [2.45, 2.75) is 38.3 Å². The molecular formula is C19H26FN3O3. The number of carbonyl (C=O) groups excluding carboxylic acids is 2. The molecule has 1 aromatic rings. The fourth-order valence-electron chi connectivity index (χ4n) is 3.65. The third-order valence-corrected chi connectivity index (χ3v) is 5.44. The number of amides is 3. The summed E-state index contributed by atoms with van der Waals surface area (Å²) in [5.41, 5.74) is -0.732. The Balaban J connectivity index is 1.64. The lowest BCUT2D eigenvalue weighted by Crippen LogP contribution is -2.45. The fourth-order valence-corrected chi connectivity index (χ4v) is 3.65. The summed E-state index contributed by atoms with van der Waals surface area (Å²) in [4.78, 5) is 28.3. The van der Waals surface area contributed by atoms with Gasteiger partial charge >= 0.3 is 6.03 Å². The molecule has 0 saturated carbocycles. The van der Waals surface area contributed by atoms with Gasteiger partial charge in [0.05, 0.1) is 12.6 Å². The molecule has 3 rings (SSSR count). The van der Waals surface area contributed by atoms with Gasteiger partial charge in [-0.15, -0.1) is 0 Å². The Morgan fingerprint density at radius 2 is 1.85 bits per heavy atom. The highest BCUT2D eigenvalue weighted by molar-refractivity contribution is 6.07. The SMILES string of the molecule is CC1CCN(CC(O)CN2C(=O)NC(C)(c3ccc(F)cc3)C2=O)CC1. The molecule has 1 aromatic carbocycles. The standard InChI is InChI=1S/C19H26FN3O3/c1-13-7-9-22(10-8-13)11-16(24)12-23-17(25)19(2,21-18(23)26)14-3-5-15(20)6-4-14/h3-6,13,16,24H,7-12H2,1-2H3,(H,21,26). The number of hydrogen-bond acceptors (Lipinski definition) is 4. The van der Waals surface area contributed by atoms with Crippen LogP contribution in [0.1, 0.15) is 32.3 Å². The quantitative estimate of drug-likeness (QED) is 0.781. The Morgan fingerprint density at radius 3 is 2.46 bits per heavy atom. The van der Waals surface area contributed by atoms with Gasteiger partial charge in [0.1, 0.15) is 11.4 Å². The number of urea groups is 1. The maximum Gasteiger partial charge on any atom is 0.325 e. The van der Waals surface area contributed by atoms with Crippen molar-refractivity contribution in [2.24, 2.45) is 5.92 Å². The topological polar surface area (TPSA) is 72.9 Å². The second-order valence-corrected chi connectivity index (χ2v) is 7.61. The predicted octanol–water partition coefficient (Wildman–Crippen LogP) is 1.69. The van der Waals surface area contributed by atoms with Crippen molar-refractivity contribution in [3.8, 4) is 0 Å². The molecule has 2 unspecified atom stereocenters. The first kappa shape index (κ1) is 18.8. The molecule has 2 saturated heterocycles. The molecule has 0 spiro atoms. The molecule has 2 aliphatic heterocycles. The molecule has 142 valence electrons. The summed E-state index contributed by atoms with van der Waals surface area (Å²) in [6, 6.07) is 4.96. The first-order chi connectivity index (χ1) is 12.3. The van der Waals surface area contributed by atoms with Gasteiger partial charge in [-0.25, -0.2) is 9.18 Å². The molecule has 2 fully saturated rings. The van der Waals surface area contributed by atoms with Gasteiger partial charge < -0.3 is 15.3 Å². The van der Waals surface area contributed by atoms with Crippen molar-refractivity contribution in [2.75, 3.05) is 26.2 Å². The number of nitrogens with one attached hydrogen (secondary N) is 1. The maximum atomic E-state index is 13.1. The Hall–Kier alpha value is -1.99. The minimum Gasteiger partial charge on any atom is -0.390 e. The van der Waals surface area contributed by atoms with E-state index in [1.54, 1.807) is 6.92 Å². The molecule has 0 radical (unpaired) electrons. The van der Waals surface area contributed by atoms with Crippen LogP contribution in [-0.4, -0.2) is 59.1 Å². The summed E-state index contributed by atoms with van der Waals surface area (Å²) in [7, 11) is 0. The number of benzene rings is 1. The molecule has 3 amide bonds. The monoisotopic (exact) mass is 363 g/mol. The third-order valence-electron chi connectivity index (χ3n) is 5.44. The van der Waals surface area contributed by atoms with Gasteiger partial charge in [0, 0.05) is 6.54 Å². The van der Waals surface area contributed by atoms with E-state index in [-0.39, 0.29) is 6.54 Å². The van der Waals surface area contributed by atoms with Crippen LogP contribution in [0.2, 0.25) is 0 Å². The zero-order valence-corrected chi connectivity index (χ0v) is 15.2. The van der Waals surface area contributed by atoms with Crippen LogP contribution in [0.3, 0.4) is 0 Å². The van der Waals surface area contributed by atoms with Crippen molar-refractivity contribution in [1.29, 1.82) is 0 Å². The zero-order valence-electron chi connectivity index (χ0n) is 15.2. The maximum absolute atomic E-state index is 13.1. The Morgan fingerprint density at radius 1 is 1.23 bits per heavy atom. The van der Waals surface area contributed by atoms with Gasteiger partial charge in [0.25, 0.3) is 5.91 Å². The van der Waals surface area contributed by atoms with Gasteiger partial charge in [-0.1, -0.05) is 19.1 Å². The van der Waals surface area contributed by atoms with Gasteiger partial charge in [0.15, 0.2) is 0 Å². The van der Waals surface area contributed by atoms with Crippen LogP contribution in [0.4, 0.5) is 9.18 Å². The van der Waals surface area contributed by atoms with Crippen LogP contribution in [0, 0.1) is 11.7 Å². The van der Waals surface area contributed by atoms with E-state index in [0.717, 1.165) is 30.8 Å². The van der Waals surface area contributed by atoms with E-state index in [1.807, 2.05) is 0 Å². The molecule has 0 aliphatic carbocycles. The number of carbonyl (C=O) groups is 2. The lowest BCUT2D eigenvalue weighted by molar-refractivity contribution is -0.132. The predicted molar refractivity (Wildman–Crippen MR) is 94.8 cm³/mol. The Bertz CT molecular complexity index is 673. The van der Waals surface area contributed by atoms with Crippen LogP contribution in [0.15, 0.2) is 24.3 Å². The number of imide groups is 1. The molecule has 26 heavy (non-hydrogen) atoms. The highest BCUT2D eigenvalue weighted by Crippen LogP contribution is 2.29. The molecular weight excluding hydrogens is 337 g/mol. The molecule has 0 aromatic heterocycles.